The molecule has 1 aliphatic heterocycles. The molecule has 1 N–H and O–H groups in total. The Morgan fingerprint density at radius 2 is 1.62 bits per heavy atom. The quantitative estimate of drug-likeness (QED) is 0.435. The Kier molecular flexibility index (Phi) is 6.93. The fraction of sp³-hybridized carbons (Fsp3) is 0.192. The predicted molar refractivity (Wildman–Crippen MR) is 133 cm³/mol. The number of hydrogen-bond donors (Lipinski definition) is 1. The molecule has 3 aromatic rings. The number of carbonyl (C=O) groups is 1. The molecule has 176 valence electrons. The first-order chi connectivity index (χ1) is 16.2. The molecule has 2 atom stereocenters. The number of ether oxygens (including phenoxy) is 1. The van der Waals surface area contributed by atoms with Crippen molar-refractivity contribution in [1.82, 2.24) is 4.31 Å². The Labute approximate surface area is 207 Å². The number of methoxy groups -OCH3 is 1. The molecule has 0 unspecified atom stereocenters. The van der Waals surface area contributed by atoms with Crippen LogP contribution in [0.1, 0.15) is 35.2 Å². The van der Waals surface area contributed by atoms with Crippen molar-refractivity contribution in [3.63, 3.8) is 0 Å². The van der Waals surface area contributed by atoms with Crippen LogP contribution in [0.15, 0.2) is 93.8 Å². The Hall–Kier alpha value is -2.94. The molecule has 0 radical (unpaired) electrons. The van der Waals surface area contributed by atoms with E-state index in [0.29, 0.717) is 16.9 Å². The van der Waals surface area contributed by atoms with Gasteiger partial charge in [-0.25, -0.2) is 13.2 Å². The summed E-state index contributed by atoms with van der Waals surface area (Å²) in [6.45, 7) is 1.74. The number of aliphatic carboxylic acids is 1. The Balaban J connectivity index is 1.97. The molecule has 4 rings (SSSR count). The first-order valence-corrected chi connectivity index (χ1v) is 12.9. The molecule has 1 heterocycles. The van der Waals surface area contributed by atoms with Crippen LogP contribution in [0.4, 0.5) is 0 Å². The number of carboxylic acid groups (broad SMARTS) is 1. The number of sulfonamides is 1. The van der Waals surface area contributed by atoms with Crippen molar-refractivity contribution in [3.8, 4) is 5.75 Å². The van der Waals surface area contributed by atoms with E-state index in [9.17, 15) is 18.3 Å². The second-order valence-electron chi connectivity index (χ2n) is 8.04. The summed E-state index contributed by atoms with van der Waals surface area (Å²) in [5, 5.41) is 10.0. The van der Waals surface area contributed by atoms with Crippen LogP contribution in [0.5, 0.6) is 5.75 Å². The van der Waals surface area contributed by atoms with Gasteiger partial charge < -0.3 is 9.84 Å². The van der Waals surface area contributed by atoms with E-state index < -0.39 is 28.1 Å². The zero-order chi connectivity index (χ0) is 24.5. The van der Waals surface area contributed by atoms with E-state index in [1.807, 2.05) is 12.1 Å². The summed E-state index contributed by atoms with van der Waals surface area (Å²) in [7, 11) is -2.53. The van der Waals surface area contributed by atoms with Crippen molar-refractivity contribution < 1.29 is 23.1 Å². The highest BCUT2D eigenvalue weighted by atomic mass is 79.9. The third kappa shape index (κ3) is 4.53. The van der Waals surface area contributed by atoms with Gasteiger partial charge in [-0.15, -0.1) is 0 Å². The van der Waals surface area contributed by atoms with Gasteiger partial charge in [0.25, 0.3) is 0 Å². The standard InChI is InChI=1S/C26H24BrNO5S/c1-17-5-3-4-6-24(17)34(31,32)28-23(18-9-13-21(33-2)14-10-18)16-15-22(26(29)30)25(28)19-7-11-20(27)12-8-19/h3-15,23,25H,16H2,1-2H3,(H,29,30)/t23-,25-/m0/s1. The molecule has 0 saturated heterocycles. The van der Waals surface area contributed by atoms with Crippen LogP contribution in [0.2, 0.25) is 0 Å². The maximum Gasteiger partial charge on any atom is 0.333 e. The molecular formula is C26H24BrNO5S. The highest BCUT2D eigenvalue weighted by molar-refractivity contribution is 9.10. The van der Waals surface area contributed by atoms with Crippen LogP contribution in [-0.4, -0.2) is 30.9 Å². The van der Waals surface area contributed by atoms with Gasteiger partial charge in [-0.3, -0.25) is 0 Å². The molecule has 0 bridgehead atoms. The number of hydrogen-bond acceptors (Lipinski definition) is 4. The largest absolute Gasteiger partial charge is 0.497 e. The van der Waals surface area contributed by atoms with Crippen molar-refractivity contribution >= 4 is 31.9 Å². The maximum absolute atomic E-state index is 14.2. The van der Waals surface area contributed by atoms with Crippen LogP contribution in [-0.2, 0) is 14.8 Å². The molecular weight excluding hydrogens is 518 g/mol. The van der Waals surface area contributed by atoms with E-state index in [2.05, 4.69) is 15.9 Å². The first kappa shape index (κ1) is 24.2. The summed E-state index contributed by atoms with van der Waals surface area (Å²) in [4.78, 5) is 12.4. The molecule has 0 aromatic heterocycles. The second-order valence-corrected chi connectivity index (χ2v) is 10.8. The SMILES string of the molecule is COc1ccc([C@@H]2CC=C(C(=O)O)[C@H](c3ccc(Br)cc3)N2S(=O)(=O)c2ccccc2C)cc1. The third-order valence-electron chi connectivity index (χ3n) is 6.00. The molecule has 34 heavy (non-hydrogen) atoms. The van der Waals surface area contributed by atoms with E-state index in [0.717, 1.165) is 10.0 Å². The monoisotopic (exact) mass is 541 g/mol. The summed E-state index contributed by atoms with van der Waals surface area (Å²) in [6.07, 6.45) is 1.86. The molecule has 0 fully saturated rings. The molecule has 0 saturated carbocycles. The number of aryl methyl sites for hydroxylation is 1. The number of halogens is 1. The summed E-state index contributed by atoms with van der Waals surface area (Å²) in [5.41, 5.74) is 1.95. The summed E-state index contributed by atoms with van der Waals surface area (Å²) >= 11 is 3.40. The number of nitrogens with zero attached hydrogens (tertiary/aromatic N) is 1. The van der Waals surface area contributed by atoms with E-state index in [-0.39, 0.29) is 16.9 Å². The molecule has 0 amide bonds. The lowest BCUT2D eigenvalue weighted by Gasteiger charge is -2.41. The lowest BCUT2D eigenvalue weighted by molar-refractivity contribution is -0.133. The maximum atomic E-state index is 14.2. The van der Waals surface area contributed by atoms with Gasteiger partial charge in [0.2, 0.25) is 10.0 Å². The van der Waals surface area contributed by atoms with Crippen molar-refractivity contribution in [2.75, 3.05) is 7.11 Å². The van der Waals surface area contributed by atoms with Gasteiger partial charge in [0.15, 0.2) is 0 Å². The van der Waals surface area contributed by atoms with Crippen molar-refractivity contribution in [2.24, 2.45) is 0 Å². The second kappa shape index (κ2) is 9.74. The number of rotatable bonds is 6. The minimum Gasteiger partial charge on any atom is -0.497 e. The first-order valence-electron chi connectivity index (χ1n) is 10.7. The van der Waals surface area contributed by atoms with E-state index in [4.69, 9.17) is 4.74 Å². The fourth-order valence-corrected chi connectivity index (χ4v) is 6.59. The fourth-order valence-electron chi connectivity index (χ4n) is 4.32. The zero-order valence-corrected chi connectivity index (χ0v) is 21.1. The van der Waals surface area contributed by atoms with Crippen LogP contribution >= 0.6 is 15.9 Å². The normalized spacial score (nSPS) is 18.9. The Bertz CT molecular complexity index is 1330. The molecule has 6 nitrogen and oxygen atoms in total. The van der Waals surface area contributed by atoms with Crippen molar-refractivity contribution in [3.05, 3.63) is 106 Å². The highest BCUT2D eigenvalue weighted by Crippen LogP contribution is 2.46. The van der Waals surface area contributed by atoms with Crippen molar-refractivity contribution in [2.45, 2.75) is 30.3 Å². The summed E-state index contributed by atoms with van der Waals surface area (Å²) in [6, 6.07) is 19.4. The van der Waals surface area contributed by atoms with Gasteiger partial charge in [0.05, 0.1) is 29.7 Å². The number of benzene rings is 3. The van der Waals surface area contributed by atoms with Crippen LogP contribution in [0.3, 0.4) is 0 Å². The van der Waals surface area contributed by atoms with Gasteiger partial charge >= 0.3 is 5.97 Å². The summed E-state index contributed by atoms with van der Waals surface area (Å²) < 4.78 is 35.8. The minimum absolute atomic E-state index is 0.0317. The molecule has 3 aromatic carbocycles. The smallest absolute Gasteiger partial charge is 0.333 e. The topological polar surface area (TPSA) is 83.9 Å². The average molecular weight is 542 g/mol. The van der Waals surface area contributed by atoms with E-state index in [1.165, 1.54) is 4.31 Å². The lowest BCUT2D eigenvalue weighted by atomic mass is 9.89. The third-order valence-corrected chi connectivity index (χ3v) is 8.56. The van der Waals surface area contributed by atoms with Crippen molar-refractivity contribution in [1.29, 1.82) is 0 Å². The zero-order valence-electron chi connectivity index (χ0n) is 18.7. The van der Waals surface area contributed by atoms with Crippen LogP contribution < -0.4 is 4.74 Å². The van der Waals surface area contributed by atoms with E-state index in [1.54, 1.807) is 80.8 Å². The molecule has 0 spiro atoms. The van der Waals surface area contributed by atoms with Crippen LogP contribution in [0, 0.1) is 6.92 Å². The molecule has 0 aliphatic carbocycles. The minimum atomic E-state index is -4.09. The van der Waals surface area contributed by atoms with Gasteiger partial charge in [0, 0.05) is 4.47 Å². The molecule has 1 aliphatic rings. The Morgan fingerprint density at radius 3 is 2.21 bits per heavy atom. The Morgan fingerprint density at radius 1 is 1.00 bits per heavy atom. The highest BCUT2D eigenvalue weighted by Gasteiger charge is 2.44. The lowest BCUT2D eigenvalue weighted by Crippen LogP contribution is -2.42. The summed E-state index contributed by atoms with van der Waals surface area (Å²) in [5.74, 6) is -0.495. The average Bonchev–Trinajstić information content (AvgIpc) is 2.84. The molecule has 8 heteroatoms. The van der Waals surface area contributed by atoms with Gasteiger partial charge in [0.1, 0.15) is 5.75 Å². The van der Waals surface area contributed by atoms with Gasteiger partial charge in [-0.1, -0.05) is 64.5 Å². The van der Waals surface area contributed by atoms with E-state index >= 15 is 0 Å². The van der Waals surface area contributed by atoms with Gasteiger partial charge in [-0.05, 0) is 60.4 Å². The predicted octanol–water partition coefficient (Wildman–Crippen LogP) is 5.65. The number of carboxylic acids is 1. The van der Waals surface area contributed by atoms with Crippen LogP contribution in [0.25, 0.3) is 0 Å². The van der Waals surface area contributed by atoms with Gasteiger partial charge in [-0.2, -0.15) is 4.31 Å².